The standard InChI is InChI=1S/C18H31N3/c1-4-11-20-17(16-6-5-12-21-18(16)19)15-9-7-14(8-10-15)13(2)3/h5-6,12-15,17,20H,4,7-11H2,1-3H3,(H2,19,21). The van der Waals surface area contributed by atoms with Crippen LogP contribution in [0.1, 0.15) is 64.5 Å². The Morgan fingerprint density at radius 2 is 1.90 bits per heavy atom. The molecule has 1 aliphatic rings. The Morgan fingerprint density at radius 1 is 1.24 bits per heavy atom. The first-order chi connectivity index (χ1) is 10.1. The van der Waals surface area contributed by atoms with Crippen LogP contribution in [0, 0.1) is 17.8 Å². The molecule has 0 amide bonds. The fraction of sp³-hybridized carbons (Fsp3) is 0.722. The molecule has 1 fully saturated rings. The Labute approximate surface area is 129 Å². The van der Waals surface area contributed by atoms with Crippen LogP contribution in [0.5, 0.6) is 0 Å². The highest BCUT2D eigenvalue weighted by Gasteiger charge is 2.30. The molecule has 1 atom stereocenters. The normalized spacial score (nSPS) is 24.2. The highest BCUT2D eigenvalue weighted by Crippen LogP contribution is 2.40. The van der Waals surface area contributed by atoms with Crippen molar-refractivity contribution in [2.45, 2.75) is 58.9 Å². The van der Waals surface area contributed by atoms with E-state index < -0.39 is 0 Å². The Hall–Kier alpha value is -1.09. The Morgan fingerprint density at radius 3 is 2.48 bits per heavy atom. The number of nitrogens with zero attached hydrogens (tertiary/aromatic N) is 1. The Balaban J connectivity index is 2.09. The third kappa shape index (κ3) is 4.19. The van der Waals surface area contributed by atoms with Gasteiger partial charge in [0.05, 0.1) is 0 Å². The summed E-state index contributed by atoms with van der Waals surface area (Å²) in [7, 11) is 0. The molecule has 21 heavy (non-hydrogen) atoms. The number of aromatic nitrogens is 1. The van der Waals surface area contributed by atoms with Crippen LogP contribution in [0.4, 0.5) is 5.82 Å². The maximum Gasteiger partial charge on any atom is 0.128 e. The van der Waals surface area contributed by atoms with Crippen LogP contribution in [-0.2, 0) is 0 Å². The molecule has 1 unspecified atom stereocenters. The summed E-state index contributed by atoms with van der Waals surface area (Å²) in [5.74, 6) is 3.10. The minimum Gasteiger partial charge on any atom is -0.383 e. The molecule has 1 aromatic rings. The maximum absolute atomic E-state index is 6.12. The van der Waals surface area contributed by atoms with Crippen LogP contribution in [0.2, 0.25) is 0 Å². The van der Waals surface area contributed by atoms with Crippen LogP contribution in [0.25, 0.3) is 0 Å². The summed E-state index contributed by atoms with van der Waals surface area (Å²) >= 11 is 0. The number of nitrogens with two attached hydrogens (primary N) is 1. The second-order valence-electron chi connectivity index (χ2n) is 6.83. The second kappa shape index (κ2) is 7.79. The number of pyridine rings is 1. The van der Waals surface area contributed by atoms with E-state index in [1.54, 1.807) is 6.20 Å². The van der Waals surface area contributed by atoms with Crippen molar-refractivity contribution in [2.75, 3.05) is 12.3 Å². The monoisotopic (exact) mass is 289 g/mol. The van der Waals surface area contributed by atoms with E-state index in [4.69, 9.17) is 5.73 Å². The summed E-state index contributed by atoms with van der Waals surface area (Å²) in [5, 5.41) is 3.72. The molecule has 1 heterocycles. The van der Waals surface area contributed by atoms with Crippen LogP contribution in [0.3, 0.4) is 0 Å². The summed E-state index contributed by atoms with van der Waals surface area (Å²) in [4.78, 5) is 4.28. The number of hydrogen-bond acceptors (Lipinski definition) is 3. The molecular weight excluding hydrogens is 258 g/mol. The first-order valence-corrected chi connectivity index (χ1v) is 8.57. The zero-order valence-electron chi connectivity index (χ0n) is 13.8. The maximum atomic E-state index is 6.12. The average Bonchev–Trinajstić information content (AvgIpc) is 2.50. The summed E-state index contributed by atoms with van der Waals surface area (Å²) < 4.78 is 0. The lowest BCUT2D eigenvalue weighted by Crippen LogP contribution is -2.33. The van der Waals surface area contributed by atoms with Crippen molar-refractivity contribution in [1.29, 1.82) is 0 Å². The van der Waals surface area contributed by atoms with E-state index in [0.29, 0.717) is 17.8 Å². The molecule has 2 rings (SSSR count). The minimum atomic E-state index is 0.367. The smallest absolute Gasteiger partial charge is 0.128 e. The summed E-state index contributed by atoms with van der Waals surface area (Å²) in [6.07, 6.45) is 8.25. The number of hydrogen-bond donors (Lipinski definition) is 2. The van der Waals surface area contributed by atoms with Crippen molar-refractivity contribution in [1.82, 2.24) is 10.3 Å². The highest BCUT2D eigenvalue weighted by atomic mass is 14.9. The van der Waals surface area contributed by atoms with E-state index in [9.17, 15) is 0 Å². The topological polar surface area (TPSA) is 50.9 Å². The molecule has 1 aliphatic carbocycles. The Kier molecular flexibility index (Phi) is 6.04. The first kappa shape index (κ1) is 16.3. The fourth-order valence-electron chi connectivity index (χ4n) is 3.67. The third-order valence-corrected chi connectivity index (χ3v) is 5.05. The SMILES string of the molecule is CCCNC(c1cccnc1N)C1CCC(C(C)C)CC1. The van der Waals surface area contributed by atoms with Crippen LogP contribution < -0.4 is 11.1 Å². The lowest BCUT2D eigenvalue weighted by Gasteiger charge is -2.36. The molecule has 1 aromatic heterocycles. The van der Waals surface area contributed by atoms with Gasteiger partial charge in [0.15, 0.2) is 0 Å². The summed E-state index contributed by atoms with van der Waals surface area (Å²) in [6.45, 7) is 7.98. The molecule has 0 aromatic carbocycles. The number of anilines is 1. The van der Waals surface area contributed by atoms with Gasteiger partial charge in [-0.15, -0.1) is 0 Å². The largest absolute Gasteiger partial charge is 0.383 e. The fourth-order valence-corrected chi connectivity index (χ4v) is 3.67. The molecule has 0 aliphatic heterocycles. The van der Waals surface area contributed by atoms with Gasteiger partial charge >= 0.3 is 0 Å². The van der Waals surface area contributed by atoms with Gasteiger partial charge in [0, 0.05) is 17.8 Å². The quantitative estimate of drug-likeness (QED) is 0.826. The van der Waals surface area contributed by atoms with E-state index in [1.807, 2.05) is 6.07 Å². The van der Waals surface area contributed by atoms with Gasteiger partial charge in [-0.05, 0) is 62.5 Å². The highest BCUT2D eigenvalue weighted by molar-refractivity contribution is 5.41. The first-order valence-electron chi connectivity index (χ1n) is 8.57. The predicted octanol–water partition coefficient (Wildman–Crippen LogP) is 4.17. The molecule has 1 saturated carbocycles. The van der Waals surface area contributed by atoms with Gasteiger partial charge in [-0.3, -0.25) is 0 Å². The molecule has 0 saturated heterocycles. The van der Waals surface area contributed by atoms with Crippen molar-refractivity contribution < 1.29 is 0 Å². The molecule has 0 radical (unpaired) electrons. The van der Waals surface area contributed by atoms with E-state index in [1.165, 1.54) is 31.2 Å². The molecular formula is C18H31N3. The average molecular weight is 289 g/mol. The Bertz CT molecular complexity index is 422. The number of rotatable bonds is 6. The van der Waals surface area contributed by atoms with Gasteiger partial charge in [0.25, 0.3) is 0 Å². The van der Waals surface area contributed by atoms with E-state index in [2.05, 4.69) is 37.1 Å². The molecule has 3 nitrogen and oxygen atoms in total. The van der Waals surface area contributed by atoms with Crippen molar-refractivity contribution in [2.24, 2.45) is 17.8 Å². The zero-order chi connectivity index (χ0) is 15.2. The molecule has 0 spiro atoms. The predicted molar refractivity (Wildman–Crippen MR) is 90.0 cm³/mol. The van der Waals surface area contributed by atoms with Crippen molar-refractivity contribution in [3.05, 3.63) is 23.9 Å². The van der Waals surface area contributed by atoms with E-state index >= 15 is 0 Å². The van der Waals surface area contributed by atoms with Gasteiger partial charge in [0.2, 0.25) is 0 Å². The second-order valence-corrected chi connectivity index (χ2v) is 6.83. The van der Waals surface area contributed by atoms with Gasteiger partial charge in [0.1, 0.15) is 5.82 Å². The number of nitrogen functional groups attached to an aromatic ring is 1. The zero-order valence-corrected chi connectivity index (χ0v) is 13.8. The number of nitrogens with one attached hydrogen (secondary N) is 1. The molecule has 0 bridgehead atoms. The molecule has 118 valence electrons. The van der Waals surface area contributed by atoms with Crippen molar-refractivity contribution in [3.8, 4) is 0 Å². The lowest BCUT2D eigenvalue weighted by atomic mass is 9.73. The van der Waals surface area contributed by atoms with Gasteiger partial charge in [-0.1, -0.05) is 26.8 Å². The van der Waals surface area contributed by atoms with Gasteiger partial charge in [-0.2, -0.15) is 0 Å². The third-order valence-electron chi connectivity index (χ3n) is 5.05. The summed E-state index contributed by atoms with van der Waals surface area (Å²) in [6, 6.07) is 4.52. The minimum absolute atomic E-state index is 0.367. The lowest BCUT2D eigenvalue weighted by molar-refractivity contribution is 0.189. The molecule has 3 heteroatoms. The summed E-state index contributed by atoms with van der Waals surface area (Å²) in [5.41, 5.74) is 7.32. The molecule has 3 N–H and O–H groups in total. The van der Waals surface area contributed by atoms with Crippen molar-refractivity contribution in [3.63, 3.8) is 0 Å². The van der Waals surface area contributed by atoms with Crippen LogP contribution in [0.15, 0.2) is 18.3 Å². The van der Waals surface area contributed by atoms with Crippen molar-refractivity contribution >= 4 is 5.82 Å². The van der Waals surface area contributed by atoms with E-state index in [0.717, 1.165) is 24.8 Å². The van der Waals surface area contributed by atoms with E-state index in [-0.39, 0.29) is 0 Å². The van der Waals surface area contributed by atoms with Gasteiger partial charge < -0.3 is 11.1 Å². The van der Waals surface area contributed by atoms with Crippen LogP contribution in [-0.4, -0.2) is 11.5 Å². The van der Waals surface area contributed by atoms with Gasteiger partial charge in [-0.25, -0.2) is 4.98 Å². The van der Waals surface area contributed by atoms with Crippen LogP contribution >= 0.6 is 0 Å².